The van der Waals surface area contributed by atoms with Crippen LogP contribution in [0.5, 0.6) is 5.75 Å². The van der Waals surface area contributed by atoms with Gasteiger partial charge in [0.15, 0.2) is 0 Å². The first kappa shape index (κ1) is 15.8. The predicted octanol–water partition coefficient (Wildman–Crippen LogP) is 2.73. The van der Waals surface area contributed by atoms with Crippen molar-refractivity contribution >= 4 is 27.8 Å². The molecular formula is C15H18BrNO4. The number of carboxylic acids is 1. The minimum atomic E-state index is -0.874. The van der Waals surface area contributed by atoms with E-state index in [1.165, 1.54) is 0 Å². The molecule has 0 radical (unpaired) electrons. The van der Waals surface area contributed by atoms with Crippen LogP contribution in [-0.4, -0.2) is 29.1 Å². The molecule has 0 saturated heterocycles. The molecular weight excluding hydrogens is 338 g/mol. The lowest BCUT2D eigenvalue weighted by atomic mass is 9.74. The highest BCUT2D eigenvalue weighted by Crippen LogP contribution is 2.34. The molecule has 114 valence electrons. The first-order valence-corrected chi connectivity index (χ1v) is 7.70. The number of benzene rings is 1. The molecule has 0 heterocycles. The summed E-state index contributed by atoms with van der Waals surface area (Å²) in [5.41, 5.74) is -0.541. The Bertz CT molecular complexity index is 511. The third kappa shape index (κ3) is 4.74. The smallest absolute Gasteiger partial charge is 0.305 e. The number of halogens is 1. The van der Waals surface area contributed by atoms with Crippen LogP contribution in [-0.2, 0) is 9.59 Å². The monoisotopic (exact) mass is 355 g/mol. The minimum Gasteiger partial charge on any atom is -0.493 e. The van der Waals surface area contributed by atoms with Gasteiger partial charge in [0.05, 0.1) is 25.0 Å². The lowest BCUT2D eigenvalue weighted by Gasteiger charge is -2.41. The maximum absolute atomic E-state index is 11.9. The van der Waals surface area contributed by atoms with Crippen molar-refractivity contribution < 1.29 is 19.4 Å². The van der Waals surface area contributed by atoms with E-state index in [4.69, 9.17) is 9.84 Å². The maximum Gasteiger partial charge on any atom is 0.305 e. The van der Waals surface area contributed by atoms with Crippen molar-refractivity contribution in [2.24, 2.45) is 0 Å². The zero-order valence-corrected chi connectivity index (χ0v) is 13.2. The van der Waals surface area contributed by atoms with Crippen LogP contribution in [0.1, 0.15) is 32.1 Å². The molecule has 5 nitrogen and oxygen atoms in total. The second-order valence-corrected chi connectivity index (χ2v) is 6.22. The number of amides is 1. The Morgan fingerprint density at radius 2 is 1.95 bits per heavy atom. The van der Waals surface area contributed by atoms with Crippen molar-refractivity contribution in [3.05, 3.63) is 28.7 Å². The van der Waals surface area contributed by atoms with Crippen LogP contribution in [0.2, 0.25) is 0 Å². The standard InChI is InChI=1S/C15H18BrNO4/c16-11-2-4-12(5-3-11)21-9-6-13(18)17-15(7-1-8-15)10-14(19)20/h2-5H,1,6-10H2,(H,17,18)(H,19,20). The van der Waals surface area contributed by atoms with E-state index in [1.807, 2.05) is 24.3 Å². The molecule has 1 amide bonds. The second kappa shape index (κ2) is 6.93. The molecule has 1 aromatic carbocycles. The van der Waals surface area contributed by atoms with Crippen LogP contribution in [0.4, 0.5) is 0 Å². The molecule has 0 bridgehead atoms. The van der Waals surface area contributed by atoms with E-state index in [-0.39, 0.29) is 25.4 Å². The van der Waals surface area contributed by atoms with Crippen LogP contribution in [0, 0.1) is 0 Å². The number of carboxylic acid groups (broad SMARTS) is 1. The van der Waals surface area contributed by atoms with Gasteiger partial charge in [-0.05, 0) is 43.5 Å². The number of ether oxygens (including phenoxy) is 1. The Balaban J connectivity index is 1.74. The van der Waals surface area contributed by atoms with Gasteiger partial charge < -0.3 is 15.2 Å². The Labute approximate surface area is 131 Å². The van der Waals surface area contributed by atoms with E-state index in [2.05, 4.69) is 21.2 Å². The molecule has 1 saturated carbocycles. The fraction of sp³-hybridized carbons (Fsp3) is 0.467. The number of carbonyl (C=O) groups is 2. The summed E-state index contributed by atoms with van der Waals surface area (Å²) in [5, 5.41) is 11.7. The van der Waals surface area contributed by atoms with Crippen LogP contribution in [0.15, 0.2) is 28.7 Å². The van der Waals surface area contributed by atoms with E-state index in [9.17, 15) is 9.59 Å². The van der Waals surface area contributed by atoms with E-state index in [1.54, 1.807) is 0 Å². The molecule has 2 rings (SSSR count). The molecule has 1 aliphatic rings. The molecule has 1 fully saturated rings. The lowest BCUT2D eigenvalue weighted by Crippen LogP contribution is -2.54. The van der Waals surface area contributed by atoms with Gasteiger partial charge in [0.25, 0.3) is 0 Å². The number of hydrogen-bond donors (Lipinski definition) is 2. The highest BCUT2D eigenvalue weighted by molar-refractivity contribution is 9.10. The summed E-state index contributed by atoms with van der Waals surface area (Å²) in [4.78, 5) is 22.7. The molecule has 21 heavy (non-hydrogen) atoms. The summed E-state index contributed by atoms with van der Waals surface area (Å²) in [5.74, 6) is -0.330. The van der Waals surface area contributed by atoms with Gasteiger partial charge >= 0.3 is 5.97 Å². The maximum atomic E-state index is 11.9. The number of carbonyl (C=O) groups excluding carboxylic acids is 1. The predicted molar refractivity (Wildman–Crippen MR) is 81.2 cm³/mol. The van der Waals surface area contributed by atoms with Gasteiger partial charge in [0, 0.05) is 4.47 Å². The Morgan fingerprint density at radius 1 is 1.29 bits per heavy atom. The summed E-state index contributed by atoms with van der Waals surface area (Å²) in [6.07, 6.45) is 2.64. The van der Waals surface area contributed by atoms with Crippen LogP contribution < -0.4 is 10.1 Å². The summed E-state index contributed by atoms with van der Waals surface area (Å²) in [7, 11) is 0. The SMILES string of the molecule is O=C(O)CC1(NC(=O)CCOc2ccc(Br)cc2)CCC1. The zero-order valence-electron chi connectivity index (χ0n) is 11.6. The van der Waals surface area contributed by atoms with E-state index in [0.29, 0.717) is 5.75 Å². The third-order valence-corrected chi connectivity index (χ3v) is 4.15. The van der Waals surface area contributed by atoms with Crippen molar-refractivity contribution in [2.45, 2.75) is 37.6 Å². The summed E-state index contributed by atoms with van der Waals surface area (Å²) in [6.45, 7) is 0.274. The van der Waals surface area contributed by atoms with Gasteiger partial charge in [-0.1, -0.05) is 15.9 Å². The van der Waals surface area contributed by atoms with Gasteiger partial charge in [-0.15, -0.1) is 0 Å². The van der Waals surface area contributed by atoms with Crippen LogP contribution in [0.3, 0.4) is 0 Å². The summed E-state index contributed by atoms with van der Waals surface area (Å²) >= 11 is 3.34. The van der Waals surface area contributed by atoms with E-state index < -0.39 is 11.5 Å². The normalized spacial score (nSPS) is 15.9. The number of nitrogens with one attached hydrogen (secondary N) is 1. The summed E-state index contributed by atoms with van der Waals surface area (Å²) in [6, 6.07) is 7.37. The molecule has 2 N–H and O–H groups in total. The third-order valence-electron chi connectivity index (χ3n) is 3.62. The van der Waals surface area contributed by atoms with Crippen molar-refractivity contribution in [3.8, 4) is 5.75 Å². The minimum absolute atomic E-state index is 0.00763. The summed E-state index contributed by atoms with van der Waals surface area (Å²) < 4.78 is 6.45. The van der Waals surface area contributed by atoms with Gasteiger partial charge in [-0.3, -0.25) is 9.59 Å². The highest BCUT2D eigenvalue weighted by atomic mass is 79.9. The molecule has 0 unspecified atom stereocenters. The first-order chi connectivity index (χ1) is 9.99. The Hall–Kier alpha value is -1.56. The second-order valence-electron chi connectivity index (χ2n) is 5.30. The highest BCUT2D eigenvalue weighted by Gasteiger charge is 2.40. The molecule has 1 aliphatic carbocycles. The van der Waals surface area contributed by atoms with Gasteiger partial charge in [-0.2, -0.15) is 0 Å². The molecule has 6 heteroatoms. The van der Waals surface area contributed by atoms with Gasteiger partial charge in [0.2, 0.25) is 5.91 Å². The molecule has 0 atom stereocenters. The molecule has 0 aromatic heterocycles. The van der Waals surface area contributed by atoms with Crippen LogP contribution >= 0.6 is 15.9 Å². The fourth-order valence-electron chi connectivity index (χ4n) is 2.39. The van der Waals surface area contributed by atoms with Gasteiger partial charge in [0.1, 0.15) is 5.75 Å². The Morgan fingerprint density at radius 3 is 2.48 bits per heavy atom. The van der Waals surface area contributed by atoms with Gasteiger partial charge in [-0.25, -0.2) is 0 Å². The molecule has 0 aliphatic heterocycles. The number of hydrogen-bond acceptors (Lipinski definition) is 3. The average Bonchev–Trinajstić information content (AvgIpc) is 2.38. The number of rotatable bonds is 7. The van der Waals surface area contributed by atoms with Crippen molar-refractivity contribution in [2.75, 3.05) is 6.61 Å². The quantitative estimate of drug-likeness (QED) is 0.788. The molecule has 0 spiro atoms. The van der Waals surface area contributed by atoms with E-state index in [0.717, 1.165) is 23.7 Å². The Kier molecular flexibility index (Phi) is 5.22. The first-order valence-electron chi connectivity index (χ1n) is 6.90. The molecule has 1 aromatic rings. The fourth-order valence-corrected chi connectivity index (χ4v) is 2.65. The zero-order chi connectivity index (χ0) is 15.3. The topological polar surface area (TPSA) is 75.6 Å². The van der Waals surface area contributed by atoms with Crippen molar-refractivity contribution in [1.29, 1.82) is 0 Å². The average molecular weight is 356 g/mol. The largest absolute Gasteiger partial charge is 0.493 e. The van der Waals surface area contributed by atoms with Crippen molar-refractivity contribution in [3.63, 3.8) is 0 Å². The van der Waals surface area contributed by atoms with E-state index >= 15 is 0 Å². The number of aliphatic carboxylic acids is 1. The van der Waals surface area contributed by atoms with Crippen molar-refractivity contribution in [1.82, 2.24) is 5.32 Å². The lowest BCUT2D eigenvalue weighted by molar-refractivity contribution is -0.140. The van der Waals surface area contributed by atoms with Crippen LogP contribution in [0.25, 0.3) is 0 Å².